The van der Waals surface area contributed by atoms with Crippen LogP contribution in [0.15, 0.2) is 4.52 Å². The van der Waals surface area contributed by atoms with E-state index >= 15 is 0 Å². The number of nitrogens with zero attached hydrogens (tertiary/aromatic N) is 1. The second-order valence-electron chi connectivity index (χ2n) is 1.57. The first-order chi connectivity index (χ1) is 4.25. The van der Waals surface area contributed by atoms with Gasteiger partial charge in [0, 0.05) is 0 Å². The molecule has 0 fully saturated rings. The monoisotopic (exact) mass is 131 g/mol. The van der Waals surface area contributed by atoms with Gasteiger partial charge in [0.05, 0.1) is 7.11 Å². The normalized spacial score (nSPS) is 9.67. The van der Waals surface area contributed by atoms with Crippen molar-refractivity contribution in [1.82, 2.24) is 5.16 Å². The van der Waals surface area contributed by atoms with Crippen LogP contribution in [-0.2, 0) is 0 Å². The van der Waals surface area contributed by atoms with Crippen molar-refractivity contribution in [1.29, 1.82) is 0 Å². The molecule has 1 rings (SSSR count). The van der Waals surface area contributed by atoms with Gasteiger partial charge in [0.25, 0.3) is 0 Å². The maximum Gasteiger partial charge on any atom is 0.347 e. The van der Waals surface area contributed by atoms with E-state index in [1.807, 2.05) is 0 Å². The average molecular weight is 131 g/mol. The summed E-state index contributed by atoms with van der Waals surface area (Å²) in [5.41, 5.74) is 0.426. The molecule has 0 N–H and O–H groups in total. The molecule has 1 heterocycles. The van der Waals surface area contributed by atoms with Gasteiger partial charge in [0.15, 0.2) is 0 Å². The van der Waals surface area contributed by atoms with Crippen LogP contribution in [0.25, 0.3) is 0 Å². The summed E-state index contributed by atoms with van der Waals surface area (Å²) >= 11 is 0. The first-order valence-corrected chi connectivity index (χ1v) is 2.41. The van der Waals surface area contributed by atoms with Gasteiger partial charge >= 0.3 is 6.01 Å². The molecule has 3 nitrogen and oxygen atoms in total. The van der Waals surface area contributed by atoms with Gasteiger partial charge in [0.1, 0.15) is 5.69 Å². The number of halogens is 1. The van der Waals surface area contributed by atoms with E-state index in [1.165, 1.54) is 7.11 Å². The molecule has 0 saturated heterocycles. The van der Waals surface area contributed by atoms with Crippen molar-refractivity contribution in [2.45, 2.75) is 6.92 Å². The molecule has 0 amide bonds. The molecule has 0 aromatic carbocycles. The highest BCUT2D eigenvalue weighted by Crippen LogP contribution is 2.19. The molecular weight excluding hydrogens is 125 g/mol. The van der Waals surface area contributed by atoms with Crippen LogP contribution in [0.1, 0.15) is 5.69 Å². The van der Waals surface area contributed by atoms with Crippen LogP contribution in [-0.4, -0.2) is 12.3 Å². The van der Waals surface area contributed by atoms with Crippen LogP contribution < -0.4 is 4.74 Å². The molecule has 1 aromatic heterocycles. The molecule has 0 saturated carbocycles. The third-order valence-electron chi connectivity index (χ3n) is 0.974. The zero-order valence-electron chi connectivity index (χ0n) is 5.14. The average Bonchev–Trinajstić information content (AvgIpc) is 2.12. The number of ether oxygens (including phenoxy) is 1. The molecule has 50 valence electrons. The maximum absolute atomic E-state index is 12.3. The fraction of sp³-hybridized carbons (Fsp3) is 0.400. The minimum atomic E-state index is -0.769. The Hall–Kier alpha value is -1.06. The third-order valence-corrected chi connectivity index (χ3v) is 0.974. The van der Waals surface area contributed by atoms with Crippen LogP contribution in [0, 0.1) is 12.9 Å². The van der Waals surface area contributed by atoms with Gasteiger partial charge < -0.3 is 9.26 Å². The Kier molecular flexibility index (Phi) is 1.38. The van der Waals surface area contributed by atoms with Gasteiger partial charge in [0.2, 0.25) is 5.75 Å². The molecule has 4 heteroatoms. The van der Waals surface area contributed by atoms with Gasteiger partial charge in [-0.15, -0.1) is 0 Å². The number of aryl methyl sites for hydroxylation is 1. The molecule has 1 aromatic rings. The zero-order chi connectivity index (χ0) is 6.85. The number of methoxy groups -OCH3 is 1. The first-order valence-electron chi connectivity index (χ1n) is 2.41. The Morgan fingerprint density at radius 1 is 1.67 bits per heavy atom. The van der Waals surface area contributed by atoms with Gasteiger partial charge in [-0.2, -0.15) is 4.39 Å². The van der Waals surface area contributed by atoms with E-state index in [0.717, 1.165) is 0 Å². The van der Waals surface area contributed by atoms with Crippen LogP contribution in [0.2, 0.25) is 0 Å². The molecule has 0 aliphatic carbocycles. The highest BCUT2D eigenvalue weighted by atomic mass is 19.1. The van der Waals surface area contributed by atoms with E-state index in [1.54, 1.807) is 6.92 Å². The topological polar surface area (TPSA) is 35.3 Å². The van der Waals surface area contributed by atoms with E-state index in [2.05, 4.69) is 14.4 Å². The van der Waals surface area contributed by atoms with E-state index in [4.69, 9.17) is 0 Å². The summed E-state index contributed by atoms with van der Waals surface area (Å²) in [6.07, 6.45) is 0. The summed E-state index contributed by atoms with van der Waals surface area (Å²) in [6.45, 7) is 1.60. The Labute approximate surface area is 51.4 Å². The minimum absolute atomic E-state index is 0.0787. The fourth-order valence-corrected chi connectivity index (χ4v) is 0.562. The van der Waals surface area contributed by atoms with Crippen molar-refractivity contribution in [2.75, 3.05) is 7.11 Å². The summed E-state index contributed by atoms with van der Waals surface area (Å²) < 4.78 is 21.0. The van der Waals surface area contributed by atoms with Gasteiger partial charge in [-0.3, -0.25) is 0 Å². The highest BCUT2D eigenvalue weighted by molar-refractivity contribution is 5.21. The predicted octanol–water partition coefficient (Wildman–Crippen LogP) is 1.13. The Morgan fingerprint density at radius 2 is 2.33 bits per heavy atom. The largest absolute Gasteiger partial charge is 0.489 e. The Bertz CT molecular complexity index is 189. The molecule has 0 aliphatic heterocycles. The molecular formula is C5H6FNO2. The summed E-state index contributed by atoms with van der Waals surface area (Å²) in [5.74, 6) is 0.0787. The van der Waals surface area contributed by atoms with Crippen molar-refractivity contribution in [3.8, 4) is 5.75 Å². The molecule has 0 radical (unpaired) electrons. The molecule has 0 aliphatic rings. The van der Waals surface area contributed by atoms with Gasteiger partial charge in [-0.05, 0) is 6.92 Å². The molecule has 9 heavy (non-hydrogen) atoms. The zero-order valence-corrected chi connectivity index (χ0v) is 5.14. The van der Waals surface area contributed by atoms with Crippen molar-refractivity contribution in [3.63, 3.8) is 0 Å². The number of rotatable bonds is 1. The predicted molar refractivity (Wildman–Crippen MR) is 27.7 cm³/mol. The van der Waals surface area contributed by atoms with Crippen LogP contribution >= 0.6 is 0 Å². The highest BCUT2D eigenvalue weighted by Gasteiger charge is 2.10. The summed E-state index contributed by atoms with van der Waals surface area (Å²) in [7, 11) is 1.36. The first kappa shape index (κ1) is 6.07. The van der Waals surface area contributed by atoms with Crippen LogP contribution in [0.4, 0.5) is 4.39 Å². The van der Waals surface area contributed by atoms with E-state index in [9.17, 15) is 4.39 Å². The lowest BCUT2D eigenvalue weighted by Crippen LogP contribution is -1.84. The maximum atomic E-state index is 12.3. The number of hydrogen-bond acceptors (Lipinski definition) is 3. The van der Waals surface area contributed by atoms with E-state index in [-0.39, 0.29) is 5.75 Å². The summed E-state index contributed by atoms with van der Waals surface area (Å²) in [4.78, 5) is 0. The lowest BCUT2D eigenvalue weighted by molar-refractivity contribution is 0.261. The third kappa shape index (κ3) is 0.872. The Morgan fingerprint density at radius 3 is 2.56 bits per heavy atom. The van der Waals surface area contributed by atoms with Crippen molar-refractivity contribution in [2.24, 2.45) is 0 Å². The quantitative estimate of drug-likeness (QED) is 0.573. The number of aromatic nitrogens is 1. The minimum Gasteiger partial charge on any atom is -0.489 e. The SMILES string of the molecule is COc1c(C)noc1F. The van der Waals surface area contributed by atoms with Crippen LogP contribution in [0.3, 0.4) is 0 Å². The second kappa shape index (κ2) is 2.05. The van der Waals surface area contributed by atoms with Crippen LogP contribution in [0.5, 0.6) is 5.75 Å². The molecule has 0 spiro atoms. The van der Waals surface area contributed by atoms with E-state index in [0.29, 0.717) is 5.69 Å². The van der Waals surface area contributed by atoms with Crippen molar-refractivity contribution in [3.05, 3.63) is 11.7 Å². The van der Waals surface area contributed by atoms with Crippen molar-refractivity contribution >= 4 is 0 Å². The molecule has 0 bridgehead atoms. The standard InChI is InChI=1S/C5H6FNO2/c1-3-4(8-2)5(6)9-7-3/h1-2H3. The van der Waals surface area contributed by atoms with Gasteiger partial charge in [-0.1, -0.05) is 5.16 Å². The lowest BCUT2D eigenvalue weighted by atomic mass is 10.4. The van der Waals surface area contributed by atoms with Crippen molar-refractivity contribution < 1.29 is 13.7 Å². The summed E-state index contributed by atoms with van der Waals surface area (Å²) in [6, 6.07) is -0.769. The number of hydrogen-bond donors (Lipinski definition) is 0. The second-order valence-corrected chi connectivity index (χ2v) is 1.57. The van der Waals surface area contributed by atoms with Gasteiger partial charge in [-0.25, -0.2) is 0 Å². The lowest BCUT2D eigenvalue weighted by Gasteiger charge is -1.90. The smallest absolute Gasteiger partial charge is 0.347 e. The molecule has 0 unspecified atom stereocenters. The van der Waals surface area contributed by atoms with E-state index < -0.39 is 6.01 Å². The Balaban J connectivity index is 3.07. The fourth-order valence-electron chi connectivity index (χ4n) is 0.562. The molecule has 0 atom stereocenters. The summed E-state index contributed by atoms with van der Waals surface area (Å²) in [5, 5.41) is 3.31.